The van der Waals surface area contributed by atoms with Crippen LogP contribution in [0.25, 0.3) is 0 Å². The molecular weight excluding hydrogens is 168 g/mol. The summed E-state index contributed by atoms with van der Waals surface area (Å²) < 4.78 is 0. The molecule has 1 aliphatic carbocycles. The number of hydrogen-bond donors (Lipinski definition) is 0. The smallest absolute Gasteiger partial charge is 0.0199 e. The van der Waals surface area contributed by atoms with Gasteiger partial charge in [0.25, 0.3) is 0 Å². The van der Waals surface area contributed by atoms with Gasteiger partial charge in [-0.25, -0.2) is 0 Å². The van der Waals surface area contributed by atoms with E-state index in [1.165, 1.54) is 24.0 Å². The molecule has 1 unspecified atom stereocenters. The predicted octanol–water partition coefficient (Wildman–Crippen LogP) is 4.07. The highest BCUT2D eigenvalue weighted by molar-refractivity contribution is 5.51. The Morgan fingerprint density at radius 2 is 1.86 bits per heavy atom. The van der Waals surface area contributed by atoms with Gasteiger partial charge in [0.2, 0.25) is 0 Å². The van der Waals surface area contributed by atoms with Crippen molar-refractivity contribution in [3.8, 4) is 0 Å². The Balaban J connectivity index is 2.40. The van der Waals surface area contributed by atoms with E-state index in [2.05, 4.69) is 51.1 Å². The third-order valence-electron chi connectivity index (χ3n) is 3.46. The number of allylic oxidation sites excluding steroid dienone is 2. The van der Waals surface area contributed by atoms with Crippen molar-refractivity contribution in [1.29, 1.82) is 0 Å². The average Bonchev–Trinajstić information content (AvgIpc) is 2.95. The number of hydrogen-bond acceptors (Lipinski definition) is 0. The number of benzene rings is 1. The van der Waals surface area contributed by atoms with Crippen LogP contribution in [0.4, 0.5) is 0 Å². The molecule has 1 saturated carbocycles. The molecule has 0 aliphatic heterocycles. The van der Waals surface area contributed by atoms with Crippen molar-refractivity contribution in [2.45, 2.75) is 39.0 Å². The third kappa shape index (κ3) is 1.30. The topological polar surface area (TPSA) is 0 Å². The standard InChI is InChI=1S/C14H18/c1-4-14(10-13(14)11(2)3)12-8-6-5-7-9-12/h5-9H,4,10H2,1-3H3. The predicted molar refractivity (Wildman–Crippen MR) is 61.4 cm³/mol. The van der Waals surface area contributed by atoms with Crippen molar-refractivity contribution in [1.82, 2.24) is 0 Å². The summed E-state index contributed by atoms with van der Waals surface area (Å²) in [6, 6.07) is 10.9. The molecule has 74 valence electrons. The maximum Gasteiger partial charge on any atom is 0.0199 e. The van der Waals surface area contributed by atoms with E-state index in [-0.39, 0.29) is 0 Å². The Hall–Kier alpha value is -1.04. The maximum absolute atomic E-state index is 2.29. The molecule has 0 heteroatoms. The molecule has 1 fully saturated rings. The quantitative estimate of drug-likeness (QED) is 0.611. The molecule has 0 nitrogen and oxygen atoms in total. The summed E-state index contributed by atoms with van der Waals surface area (Å²) in [5.74, 6) is 0. The van der Waals surface area contributed by atoms with Crippen LogP contribution in [-0.2, 0) is 5.41 Å². The summed E-state index contributed by atoms with van der Waals surface area (Å²) in [6.45, 7) is 6.76. The number of rotatable bonds is 2. The van der Waals surface area contributed by atoms with Crippen molar-refractivity contribution in [3.05, 3.63) is 47.0 Å². The first-order valence-corrected chi connectivity index (χ1v) is 5.43. The SMILES string of the molecule is CCC1(c2ccccc2)CC1=C(C)C. The van der Waals surface area contributed by atoms with E-state index >= 15 is 0 Å². The first kappa shape index (κ1) is 9.51. The van der Waals surface area contributed by atoms with Gasteiger partial charge in [-0.2, -0.15) is 0 Å². The monoisotopic (exact) mass is 186 g/mol. The van der Waals surface area contributed by atoms with Crippen LogP contribution in [0.5, 0.6) is 0 Å². The van der Waals surface area contributed by atoms with Gasteiger partial charge in [0, 0.05) is 5.41 Å². The summed E-state index contributed by atoms with van der Waals surface area (Å²) in [5.41, 5.74) is 5.07. The van der Waals surface area contributed by atoms with Crippen molar-refractivity contribution in [2.75, 3.05) is 0 Å². The lowest BCUT2D eigenvalue weighted by molar-refractivity contribution is 0.689. The second-order valence-electron chi connectivity index (χ2n) is 4.46. The Labute approximate surface area is 86.7 Å². The molecule has 1 aliphatic rings. The molecule has 0 radical (unpaired) electrons. The van der Waals surface area contributed by atoms with Crippen LogP contribution in [-0.4, -0.2) is 0 Å². The van der Waals surface area contributed by atoms with E-state index in [0.717, 1.165) is 0 Å². The molecule has 0 bridgehead atoms. The van der Waals surface area contributed by atoms with Gasteiger partial charge in [0.05, 0.1) is 0 Å². The van der Waals surface area contributed by atoms with Crippen molar-refractivity contribution in [3.63, 3.8) is 0 Å². The third-order valence-corrected chi connectivity index (χ3v) is 3.46. The highest BCUT2D eigenvalue weighted by Crippen LogP contribution is 2.57. The van der Waals surface area contributed by atoms with E-state index in [1.807, 2.05) is 0 Å². The fraction of sp³-hybridized carbons (Fsp3) is 0.429. The van der Waals surface area contributed by atoms with Gasteiger partial charge in [-0.15, -0.1) is 0 Å². The lowest BCUT2D eigenvalue weighted by Gasteiger charge is -2.12. The summed E-state index contributed by atoms with van der Waals surface area (Å²) >= 11 is 0. The lowest BCUT2D eigenvalue weighted by Crippen LogP contribution is -2.04. The molecule has 1 aromatic rings. The van der Waals surface area contributed by atoms with Crippen LogP contribution in [0.3, 0.4) is 0 Å². The summed E-state index contributed by atoms with van der Waals surface area (Å²) in [6.07, 6.45) is 2.51. The molecule has 0 heterocycles. The zero-order valence-electron chi connectivity index (χ0n) is 9.30. The molecule has 0 saturated heterocycles. The molecule has 2 rings (SSSR count). The summed E-state index contributed by atoms with van der Waals surface area (Å²) in [4.78, 5) is 0. The first-order chi connectivity index (χ1) is 6.70. The second-order valence-corrected chi connectivity index (χ2v) is 4.46. The minimum absolute atomic E-state index is 0.403. The van der Waals surface area contributed by atoms with E-state index in [0.29, 0.717) is 5.41 Å². The Bertz CT molecular complexity index is 355. The van der Waals surface area contributed by atoms with Gasteiger partial charge in [-0.05, 0) is 32.3 Å². The molecular formula is C14H18. The van der Waals surface area contributed by atoms with Gasteiger partial charge in [0.1, 0.15) is 0 Å². The van der Waals surface area contributed by atoms with Crippen LogP contribution in [0.15, 0.2) is 41.5 Å². The Morgan fingerprint density at radius 1 is 1.21 bits per heavy atom. The van der Waals surface area contributed by atoms with Crippen LogP contribution < -0.4 is 0 Å². The fourth-order valence-corrected chi connectivity index (χ4v) is 2.49. The fourth-order valence-electron chi connectivity index (χ4n) is 2.49. The Kier molecular flexibility index (Phi) is 2.22. The first-order valence-electron chi connectivity index (χ1n) is 5.43. The zero-order valence-corrected chi connectivity index (χ0v) is 9.30. The molecule has 1 aromatic carbocycles. The van der Waals surface area contributed by atoms with Gasteiger partial charge < -0.3 is 0 Å². The van der Waals surface area contributed by atoms with Crippen molar-refractivity contribution in [2.24, 2.45) is 0 Å². The summed E-state index contributed by atoms with van der Waals surface area (Å²) in [5, 5.41) is 0. The van der Waals surface area contributed by atoms with Gasteiger partial charge >= 0.3 is 0 Å². The van der Waals surface area contributed by atoms with Crippen molar-refractivity contribution < 1.29 is 0 Å². The highest BCUT2D eigenvalue weighted by Gasteiger charge is 2.48. The van der Waals surface area contributed by atoms with Crippen molar-refractivity contribution >= 4 is 0 Å². The summed E-state index contributed by atoms with van der Waals surface area (Å²) in [7, 11) is 0. The minimum Gasteiger partial charge on any atom is -0.0763 e. The van der Waals surface area contributed by atoms with E-state index < -0.39 is 0 Å². The van der Waals surface area contributed by atoms with Crippen LogP contribution in [0, 0.1) is 0 Å². The van der Waals surface area contributed by atoms with E-state index in [4.69, 9.17) is 0 Å². The molecule has 1 atom stereocenters. The van der Waals surface area contributed by atoms with Crippen LogP contribution in [0.1, 0.15) is 39.2 Å². The molecule has 0 N–H and O–H groups in total. The molecule has 14 heavy (non-hydrogen) atoms. The zero-order chi connectivity index (χ0) is 10.2. The highest BCUT2D eigenvalue weighted by atomic mass is 14.5. The Morgan fingerprint density at radius 3 is 2.29 bits per heavy atom. The molecule has 0 aromatic heterocycles. The van der Waals surface area contributed by atoms with Gasteiger partial charge in [0.15, 0.2) is 0 Å². The van der Waals surface area contributed by atoms with Gasteiger partial charge in [-0.3, -0.25) is 0 Å². The van der Waals surface area contributed by atoms with E-state index in [1.54, 1.807) is 5.57 Å². The largest absolute Gasteiger partial charge is 0.0763 e. The molecule has 0 spiro atoms. The van der Waals surface area contributed by atoms with Crippen LogP contribution in [0.2, 0.25) is 0 Å². The van der Waals surface area contributed by atoms with E-state index in [9.17, 15) is 0 Å². The average molecular weight is 186 g/mol. The normalized spacial score (nSPS) is 24.9. The van der Waals surface area contributed by atoms with Gasteiger partial charge in [-0.1, -0.05) is 48.4 Å². The molecule has 0 amide bonds. The lowest BCUT2D eigenvalue weighted by atomic mass is 9.91. The second kappa shape index (κ2) is 3.27. The minimum atomic E-state index is 0.403. The van der Waals surface area contributed by atoms with Crippen LogP contribution >= 0.6 is 0 Å². The maximum atomic E-state index is 2.29.